The molecule has 0 saturated carbocycles. The van der Waals surface area contributed by atoms with E-state index < -0.39 is 5.25 Å². The first-order chi connectivity index (χ1) is 15.8. The Bertz CT molecular complexity index is 1120. The zero-order valence-corrected chi connectivity index (χ0v) is 20.9. The summed E-state index contributed by atoms with van der Waals surface area (Å²) >= 11 is 19.1. The number of halogens is 2. The maximum absolute atomic E-state index is 13.0. The van der Waals surface area contributed by atoms with Gasteiger partial charge in [0, 0.05) is 43.9 Å². The highest BCUT2D eigenvalue weighted by Gasteiger charge is 2.42. The van der Waals surface area contributed by atoms with Gasteiger partial charge in [0.15, 0.2) is 5.78 Å². The number of imide groups is 1. The van der Waals surface area contributed by atoms with Crippen molar-refractivity contribution in [3.05, 3.63) is 58.1 Å². The zero-order chi connectivity index (χ0) is 23.7. The molecule has 0 N–H and O–H groups in total. The fourth-order valence-corrected chi connectivity index (χ4v) is 5.78. The van der Waals surface area contributed by atoms with Crippen LogP contribution in [0.2, 0.25) is 10.0 Å². The third-order valence-corrected chi connectivity index (χ3v) is 8.17. The van der Waals surface area contributed by atoms with Crippen LogP contribution >= 0.6 is 47.2 Å². The first kappa shape index (κ1) is 24.0. The van der Waals surface area contributed by atoms with Crippen LogP contribution in [0, 0.1) is 0 Å². The Labute approximate surface area is 211 Å². The van der Waals surface area contributed by atoms with Gasteiger partial charge < -0.3 is 9.80 Å². The highest BCUT2D eigenvalue weighted by molar-refractivity contribution is 8.23. The second kappa shape index (κ2) is 10.0. The van der Waals surface area contributed by atoms with E-state index in [0.717, 1.165) is 23.7 Å². The third-order valence-electron chi connectivity index (χ3n) is 5.70. The van der Waals surface area contributed by atoms with E-state index in [-0.39, 0.29) is 34.1 Å². The molecule has 6 nitrogen and oxygen atoms in total. The van der Waals surface area contributed by atoms with Crippen LogP contribution in [0.5, 0.6) is 0 Å². The molecule has 2 aliphatic rings. The number of Topliss-reactive ketones (excluding diaryl/α,β-unsaturated/α-hetero) is 1. The van der Waals surface area contributed by atoms with Gasteiger partial charge in [-0.05, 0) is 43.3 Å². The van der Waals surface area contributed by atoms with Gasteiger partial charge in [-0.1, -0.05) is 53.2 Å². The Hall–Kier alpha value is -2.13. The lowest BCUT2D eigenvalue weighted by molar-refractivity contribution is -0.121. The van der Waals surface area contributed by atoms with Crippen LogP contribution in [0.4, 0.5) is 11.4 Å². The van der Waals surface area contributed by atoms with Crippen molar-refractivity contribution in [3.63, 3.8) is 0 Å². The Morgan fingerprint density at radius 3 is 2.33 bits per heavy atom. The maximum atomic E-state index is 13.0. The fraction of sp³-hybridized carbons (Fsp3) is 0.304. The van der Waals surface area contributed by atoms with Crippen molar-refractivity contribution in [1.82, 2.24) is 4.90 Å². The van der Waals surface area contributed by atoms with E-state index in [1.165, 1.54) is 11.8 Å². The van der Waals surface area contributed by atoms with Crippen molar-refractivity contribution in [3.8, 4) is 0 Å². The maximum Gasteiger partial charge on any atom is 0.247 e. The van der Waals surface area contributed by atoms with Gasteiger partial charge in [0.1, 0.15) is 9.57 Å². The molecule has 172 valence electrons. The number of rotatable bonds is 4. The molecule has 33 heavy (non-hydrogen) atoms. The monoisotopic (exact) mass is 521 g/mol. The molecule has 0 spiro atoms. The lowest BCUT2D eigenvalue weighted by Crippen LogP contribution is -2.48. The normalized spacial score (nSPS) is 18.8. The van der Waals surface area contributed by atoms with Crippen LogP contribution in [-0.4, -0.2) is 58.2 Å². The molecular formula is C23H21Cl2N3O3S2. The molecule has 2 aromatic carbocycles. The predicted octanol–water partition coefficient (Wildman–Crippen LogP) is 4.67. The quantitative estimate of drug-likeness (QED) is 0.329. The molecule has 2 aromatic rings. The minimum absolute atomic E-state index is 0.0462. The van der Waals surface area contributed by atoms with Crippen LogP contribution in [0.3, 0.4) is 0 Å². The molecule has 1 atom stereocenters. The summed E-state index contributed by atoms with van der Waals surface area (Å²) < 4.78 is 0.603. The molecule has 0 bridgehead atoms. The number of ketones is 1. The summed E-state index contributed by atoms with van der Waals surface area (Å²) in [6.07, 6.45) is 0.0644. The summed E-state index contributed by atoms with van der Waals surface area (Å²) in [5.41, 5.74) is 2.06. The Morgan fingerprint density at radius 1 is 1.03 bits per heavy atom. The largest absolute Gasteiger partial charge is 0.368 e. The second-order valence-electron chi connectivity index (χ2n) is 7.79. The van der Waals surface area contributed by atoms with Gasteiger partial charge >= 0.3 is 0 Å². The van der Waals surface area contributed by atoms with Crippen molar-refractivity contribution in [2.75, 3.05) is 36.0 Å². The van der Waals surface area contributed by atoms with Crippen molar-refractivity contribution in [2.24, 2.45) is 0 Å². The van der Waals surface area contributed by atoms with Gasteiger partial charge in [-0.2, -0.15) is 0 Å². The minimum atomic E-state index is -0.586. The number of amides is 2. The van der Waals surface area contributed by atoms with E-state index in [9.17, 15) is 14.4 Å². The smallest absolute Gasteiger partial charge is 0.247 e. The molecule has 2 saturated heterocycles. The Balaban J connectivity index is 1.35. The van der Waals surface area contributed by atoms with Crippen LogP contribution in [0.15, 0.2) is 42.5 Å². The van der Waals surface area contributed by atoms with E-state index in [0.29, 0.717) is 28.7 Å². The van der Waals surface area contributed by atoms with Crippen LogP contribution < -0.4 is 9.80 Å². The molecule has 2 fully saturated rings. The standard InChI is InChI=1S/C23H21Cl2N3O3S2/c1-14(29)15-5-7-16(8-6-15)26-9-11-27(12-10-26)23(32)33-19-13-20(30)28(22(19)31)18-4-2-3-17(24)21(18)25/h2-8,19H,9-13H2,1H3/t19-/m1/s1. The van der Waals surface area contributed by atoms with E-state index in [1.807, 2.05) is 24.3 Å². The fourth-order valence-electron chi connectivity index (χ4n) is 3.86. The molecule has 4 rings (SSSR count). The number of hydrogen-bond donors (Lipinski definition) is 0. The number of piperazine rings is 1. The molecule has 0 aliphatic carbocycles. The summed E-state index contributed by atoms with van der Waals surface area (Å²) in [6, 6.07) is 12.5. The SMILES string of the molecule is CC(=O)c1ccc(N2CCN(C(=S)S[C@@H]3CC(=O)N(c4cccc(Cl)c4Cl)C3=O)CC2)cc1. The molecule has 2 amide bonds. The minimum Gasteiger partial charge on any atom is -0.368 e. The van der Waals surface area contributed by atoms with E-state index in [2.05, 4.69) is 9.80 Å². The average molecular weight is 522 g/mol. The van der Waals surface area contributed by atoms with Crippen LogP contribution in [0.25, 0.3) is 0 Å². The first-order valence-corrected chi connectivity index (χ1v) is 12.4. The molecule has 0 aromatic heterocycles. The Morgan fingerprint density at radius 2 is 1.70 bits per heavy atom. The summed E-state index contributed by atoms with van der Waals surface area (Å²) in [6.45, 7) is 4.50. The highest BCUT2D eigenvalue weighted by Crippen LogP contribution is 2.37. The zero-order valence-electron chi connectivity index (χ0n) is 17.8. The third kappa shape index (κ3) is 5.04. The molecule has 2 heterocycles. The number of carbonyl (C=O) groups is 3. The highest BCUT2D eigenvalue weighted by atomic mass is 35.5. The second-order valence-corrected chi connectivity index (χ2v) is 10.4. The molecule has 2 aliphatic heterocycles. The van der Waals surface area contributed by atoms with Gasteiger partial charge in [-0.25, -0.2) is 4.90 Å². The van der Waals surface area contributed by atoms with Crippen LogP contribution in [0.1, 0.15) is 23.7 Å². The summed E-state index contributed by atoms with van der Waals surface area (Å²) in [5, 5.41) is -0.117. The number of anilines is 2. The predicted molar refractivity (Wildman–Crippen MR) is 138 cm³/mol. The van der Waals surface area contributed by atoms with Crippen molar-refractivity contribution >= 4 is 80.5 Å². The van der Waals surface area contributed by atoms with Crippen molar-refractivity contribution in [1.29, 1.82) is 0 Å². The number of nitrogens with zero attached hydrogens (tertiary/aromatic N) is 3. The lowest BCUT2D eigenvalue weighted by Gasteiger charge is -2.37. The number of benzene rings is 2. The summed E-state index contributed by atoms with van der Waals surface area (Å²) in [7, 11) is 0. The number of hydrogen-bond acceptors (Lipinski definition) is 6. The van der Waals surface area contributed by atoms with E-state index in [1.54, 1.807) is 25.1 Å². The first-order valence-electron chi connectivity index (χ1n) is 10.4. The van der Waals surface area contributed by atoms with E-state index >= 15 is 0 Å². The van der Waals surface area contributed by atoms with Crippen molar-refractivity contribution in [2.45, 2.75) is 18.6 Å². The number of thiocarbonyl (C=S) groups is 1. The topological polar surface area (TPSA) is 60.9 Å². The van der Waals surface area contributed by atoms with Gasteiger partial charge in [0.25, 0.3) is 0 Å². The molecule has 0 radical (unpaired) electrons. The van der Waals surface area contributed by atoms with Crippen LogP contribution in [-0.2, 0) is 9.59 Å². The van der Waals surface area contributed by atoms with Gasteiger partial charge in [-0.15, -0.1) is 0 Å². The van der Waals surface area contributed by atoms with E-state index in [4.69, 9.17) is 35.4 Å². The number of thioether (sulfide) groups is 1. The lowest BCUT2D eigenvalue weighted by atomic mass is 10.1. The van der Waals surface area contributed by atoms with Crippen molar-refractivity contribution < 1.29 is 14.4 Å². The number of carbonyl (C=O) groups excluding carboxylic acids is 3. The van der Waals surface area contributed by atoms with Gasteiger partial charge in [-0.3, -0.25) is 14.4 Å². The van der Waals surface area contributed by atoms with Gasteiger partial charge in [0.05, 0.1) is 15.7 Å². The van der Waals surface area contributed by atoms with Gasteiger partial charge in [0.2, 0.25) is 11.8 Å². The Kier molecular flexibility index (Phi) is 7.28. The molecule has 0 unspecified atom stereocenters. The average Bonchev–Trinajstić information content (AvgIpc) is 3.08. The summed E-state index contributed by atoms with van der Waals surface area (Å²) in [4.78, 5) is 42.5. The summed E-state index contributed by atoms with van der Waals surface area (Å²) in [5.74, 6) is -0.603. The molecular weight excluding hydrogens is 501 g/mol. The molecule has 10 heteroatoms.